The van der Waals surface area contributed by atoms with E-state index in [0.717, 1.165) is 21.0 Å². The van der Waals surface area contributed by atoms with Crippen LogP contribution in [0.2, 0.25) is 0 Å². The van der Waals surface area contributed by atoms with Crippen LogP contribution in [0.5, 0.6) is 5.75 Å². The quantitative estimate of drug-likeness (QED) is 0.455. The van der Waals surface area contributed by atoms with Crippen LogP contribution in [-0.4, -0.2) is 30.2 Å². The van der Waals surface area contributed by atoms with Gasteiger partial charge in [-0.25, -0.2) is 0 Å². The minimum Gasteiger partial charge on any atom is -0.492 e. The molecule has 0 N–H and O–H groups in total. The van der Waals surface area contributed by atoms with Gasteiger partial charge in [0.1, 0.15) is 17.8 Å². The molecule has 4 aromatic rings. The lowest BCUT2D eigenvalue weighted by Gasteiger charge is -2.08. The number of fused-ring (bicyclic) bond motifs is 2. The maximum absolute atomic E-state index is 12.9. The van der Waals surface area contributed by atoms with Crippen molar-refractivity contribution in [2.24, 2.45) is 4.99 Å². The summed E-state index contributed by atoms with van der Waals surface area (Å²) in [7, 11) is 1.33. The molecule has 0 bridgehead atoms. The predicted molar refractivity (Wildman–Crippen MR) is 117 cm³/mol. The Morgan fingerprint density at radius 1 is 1.03 bits per heavy atom. The van der Waals surface area contributed by atoms with E-state index in [-0.39, 0.29) is 12.5 Å². The zero-order valence-corrected chi connectivity index (χ0v) is 17.4. The third kappa shape index (κ3) is 3.84. The highest BCUT2D eigenvalue weighted by molar-refractivity contribution is 7.16. The number of nitrogens with zero attached hydrogens (tertiary/aromatic N) is 2. The van der Waals surface area contributed by atoms with Crippen molar-refractivity contribution in [3.05, 3.63) is 71.0 Å². The summed E-state index contributed by atoms with van der Waals surface area (Å²) in [5, 5.41) is 2.02. The van der Waals surface area contributed by atoms with E-state index in [1.807, 2.05) is 61.5 Å². The maximum atomic E-state index is 12.9. The standard InChI is InChI=1S/C23H20N2O4S/c1-3-29-18-9-6-10-19-21(18)25(14-20(26)28-2)23(30-19)24-22(27)17-12-11-15-7-4-5-8-16(15)13-17/h4-13H,3,14H2,1-2H3. The van der Waals surface area contributed by atoms with Crippen LogP contribution in [0.1, 0.15) is 17.3 Å². The van der Waals surface area contributed by atoms with Crippen LogP contribution >= 0.6 is 11.3 Å². The molecule has 0 unspecified atom stereocenters. The van der Waals surface area contributed by atoms with Crippen molar-refractivity contribution < 1.29 is 19.1 Å². The average molecular weight is 420 g/mol. The van der Waals surface area contributed by atoms with E-state index in [0.29, 0.717) is 22.7 Å². The van der Waals surface area contributed by atoms with Gasteiger partial charge < -0.3 is 14.0 Å². The van der Waals surface area contributed by atoms with Crippen LogP contribution in [0.15, 0.2) is 65.7 Å². The van der Waals surface area contributed by atoms with Gasteiger partial charge in [0, 0.05) is 5.56 Å². The fraction of sp³-hybridized carbons (Fsp3) is 0.174. The van der Waals surface area contributed by atoms with Gasteiger partial charge in [0.15, 0.2) is 4.80 Å². The highest BCUT2D eigenvalue weighted by Gasteiger charge is 2.16. The van der Waals surface area contributed by atoms with Gasteiger partial charge in [0.2, 0.25) is 0 Å². The molecule has 3 aromatic carbocycles. The van der Waals surface area contributed by atoms with Crippen molar-refractivity contribution in [1.29, 1.82) is 0 Å². The number of methoxy groups -OCH3 is 1. The zero-order valence-electron chi connectivity index (χ0n) is 16.6. The van der Waals surface area contributed by atoms with Crippen molar-refractivity contribution in [3.63, 3.8) is 0 Å². The van der Waals surface area contributed by atoms with Crippen molar-refractivity contribution in [2.45, 2.75) is 13.5 Å². The molecule has 0 radical (unpaired) electrons. The summed E-state index contributed by atoms with van der Waals surface area (Å²) in [4.78, 5) is 29.7. The van der Waals surface area contributed by atoms with Crippen molar-refractivity contribution >= 4 is 44.2 Å². The van der Waals surface area contributed by atoms with Crippen LogP contribution in [-0.2, 0) is 16.1 Å². The molecule has 30 heavy (non-hydrogen) atoms. The number of aromatic nitrogens is 1. The third-order valence-corrected chi connectivity index (χ3v) is 5.72. The van der Waals surface area contributed by atoms with Gasteiger partial charge in [-0.3, -0.25) is 9.59 Å². The fourth-order valence-electron chi connectivity index (χ4n) is 3.27. The number of esters is 1. The Balaban J connectivity index is 1.86. The van der Waals surface area contributed by atoms with Crippen LogP contribution in [0.4, 0.5) is 0 Å². The summed E-state index contributed by atoms with van der Waals surface area (Å²) in [6.45, 7) is 2.31. The van der Waals surface area contributed by atoms with E-state index in [1.165, 1.54) is 18.4 Å². The van der Waals surface area contributed by atoms with Crippen molar-refractivity contribution in [3.8, 4) is 5.75 Å². The molecular formula is C23H20N2O4S. The number of benzene rings is 3. The Bertz CT molecular complexity index is 1320. The molecule has 0 saturated heterocycles. The van der Waals surface area contributed by atoms with Gasteiger partial charge in [-0.1, -0.05) is 47.7 Å². The summed E-state index contributed by atoms with van der Waals surface area (Å²) >= 11 is 1.33. The molecule has 0 atom stereocenters. The predicted octanol–water partition coefficient (Wildman–Crippen LogP) is 4.17. The van der Waals surface area contributed by atoms with Gasteiger partial charge in [-0.2, -0.15) is 4.99 Å². The molecule has 0 fully saturated rings. The molecule has 0 saturated carbocycles. The Hall–Kier alpha value is -3.45. The number of rotatable bonds is 5. The second-order valence-corrected chi connectivity index (χ2v) is 7.57. The number of carbonyl (C=O) groups excluding carboxylic acids is 2. The Labute approximate surface area is 177 Å². The van der Waals surface area contributed by atoms with E-state index in [1.54, 1.807) is 10.6 Å². The van der Waals surface area contributed by atoms with E-state index in [4.69, 9.17) is 9.47 Å². The first-order valence-electron chi connectivity index (χ1n) is 9.50. The Kier molecular flexibility index (Phi) is 5.63. The summed E-state index contributed by atoms with van der Waals surface area (Å²) < 4.78 is 13.1. The fourth-order valence-corrected chi connectivity index (χ4v) is 4.31. The molecule has 0 aliphatic heterocycles. The van der Waals surface area contributed by atoms with E-state index in [2.05, 4.69) is 4.99 Å². The van der Waals surface area contributed by atoms with Gasteiger partial charge in [-0.15, -0.1) is 0 Å². The molecule has 0 aliphatic rings. The SMILES string of the molecule is CCOc1cccc2sc(=NC(=O)c3ccc4ccccc4c3)n(CC(=O)OC)c12. The monoisotopic (exact) mass is 420 g/mol. The Morgan fingerprint density at radius 2 is 1.83 bits per heavy atom. The molecule has 1 amide bonds. The highest BCUT2D eigenvalue weighted by atomic mass is 32.1. The molecule has 7 heteroatoms. The normalized spacial score (nSPS) is 11.7. The number of hydrogen-bond acceptors (Lipinski definition) is 5. The van der Waals surface area contributed by atoms with Gasteiger partial charge >= 0.3 is 5.97 Å². The highest BCUT2D eigenvalue weighted by Crippen LogP contribution is 2.28. The first-order valence-corrected chi connectivity index (χ1v) is 10.3. The molecule has 0 aliphatic carbocycles. The van der Waals surface area contributed by atoms with E-state index < -0.39 is 5.97 Å². The summed E-state index contributed by atoms with van der Waals surface area (Å²) in [5.41, 5.74) is 1.21. The lowest BCUT2D eigenvalue weighted by Crippen LogP contribution is -2.22. The summed E-state index contributed by atoms with van der Waals surface area (Å²) in [5.74, 6) is -0.167. The third-order valence-electron chi connectivity index (χ3n) is 4.67. The number of amides is 1. The second kappa shape index (κ2) is 8.51. The number of carbonyl (C=O) groups is 2. The lowest BCUT2D eigenvalue weighted by atomic mass is 10.1. The minimum atomic E-state index is -0.430. The maximum Gasteiger partial charge on any atom is 0.325 e. The van der Waals surface area contributed by atoms with Crippen molar-refractivity contribution in [2.75, 3.05) is 13.7 Å². The number of hydrogen-bond donors (Lipinski definition) is 0. The van der Waals surface area contributed by atoms with E-state index in [9.17, 15) is 9.59 Å². The average Bonchev–Trinajstić information content (AvgIpc) is 3.11. The largest absolute Gasteiger partial charge is 0.492 e. The topological polar surface area (TPSA) is 69.9 Å². The lowest BCUT2D eigenvalue weighted by molar-refractivity contribution is -0.141. The van der Waals surface area contributed by atoms with Crippen LogP contribution in [0.25, 0.3) is 21.0 Å². The molecule has 4 rings (SSSR count). The number of ether oxygens (including phenoxy) is 2. The first kappa shape index (κ1) is 19.8. The van der Waals surface area contributed by atoms with Gasteiger partial charge in [0.05, 0.1) is 18.4 Å². The first-order chi connectivity index (χ1) is 14.6. The van der Waals surface area contributed by atoms with Crippen LogP contribution in [0, 0.1) is 0 Å². The summed E-state index contributed by atoms with van der Waals surface area (Å²) in [6, 6.07) is 18.9. The molecular weight excluding hydrogens is 400 g/mol. The van der Waals surface area contributed by atoms with E-state index >= 15 is 0 Å². The molecule has 1 heterocycles. The van der Waals surface area contributed by atoms with Crippen molar-refractivity contribution in [1.82, 2.24) is 4.57 Å². The second-order valence-electron chi connectivity index (χ2n) is 6.56. The number of para-hydroxylation sites is 1. The molecule has 1 aromatic heterocycles. The minimum absolute atomic E-state index is 0.0651. The molecule has 6 nitrogen and oxygen atoms in total. The number of thiazole rings is 1. The zero-order chi connectivity index (χ0) is 21.1. The van der Waals surface area contributed by atoms with Gasteiger partial charge in [-0.05, 0) is 42.0 Å². The van der Waals surface area contributed by atoms with Gasteiger partial charge in [0.25, 0.3) is 5.91 Å². The van der Waals surface area contributed by atoms with Crippen LogP contribution in [0.3, 0.4) is 0 Å². The summed E-state index contributed by atoms with van der Waals surface area (Å²) in [6.07, 6.45) is 0. The molecule has 0 spiro atoms. The van der Waals surface area contributed by atoms with Crippen LogP contribution < -0.4 is 9.54 Å². The molecule has 152 valence electrons. The smallest absolute Gasteiger partial charge is 0.325 e. The Morgan fingerprint density at radius 3 is 2.60 bits per heavy atom.